The molecule has 0 fully saturated rings. The predicted molar refractivity (Wildman–Crippen MR) is 27.2 cm³/mol. The van der Waals surface area contributed by atoms with Gasteiger partial charge in [-0.1, -0.05) is 0 Å². The van der Waals surface area contributed by atoms with Crippen LogP contribution in [0.1, 0.15) is 5.76 Å². The second-order valence-electron chi connectivity index (χ2n) is 1.35. The van der Waals surface area contributed by atoms with E-state index in [0.717, 1.165) is 0 Å². The lowest BCUT2D eigenvalue weighted by atomic mass is 10.5. The summed E-state index contributed by atoms with van der Waals surface area (Å²) in [5.41, 5.74) is 5.11. The SMILES string of the molecule is NCc1c[nH]c(=O)o1. The number of nitrogens with two attached hydrogens (primary N) is 1. The van der Waals surface area contributed by atoms with E-state index < -0.39 is 5.76 Å². The van der Waals surface area contributed by atoms with Gasteiger partial charge >= 0.3 is 5.76 Å². The highest BCUT2D eigenvalue weighted by atomic mass is 16.4. The minimum Gasteiger partial charge on any atom is -0.412 e. The molecule has 0 amide bonds. The Bertz CT molecular complexity index is 212. The molecule has 0 aliphatic rings. The van der Waals surface area contributed by atoms with E-state index in [9.17, 15) is 4.79 Å². The summed E-state index contributed by atoms with van der Waals surface area (Å²) in [6, 6.07) is 0. The van der Waals surface area contributed by atoms with Crippen LogP contribution < -0.4 is 11.5 Å². The monoisotopic (exact) mass is 114 g/mol. The molecule has 44 valence electrons. The summed E-state index contributed by atoms with van der Waals surface area (Å²) in [7, 11) is 0. The van der Waals surface area contributed by atoms with E-state index in [1.165, 1.54) is 6.20 Å². The van der Waals surface area contributed by atoms with Crippen LogP contribution in [-0.2, 0) is 6.54 Å². The highest BCUT2D eigenvalue weighted by Crippen LogP contribution is 1.86. The van der Waals surface area contributed by atoms with Gasteiger partial charge in [0.15, 0.2) is 0 Å². The topological polar surface area (TPSA) is 72.0 Å². The molecule has 0 spiro atoms. The summed E-state index contributed by atoms with van der Waals surface area (Å²) in [4.78, 5) is 12.5. The normalized spacial score (nSPS) is 9.62. The first-order valence-electron chi connectivity index (χ1n) is 2.20. The highest BCUT2D eigenvalue weighted by molar-refractivity contribution is 4.85. The van der Waals surface area contributed by atoms with Crippen LogP contribution in [-0.4, -0.2) is 4.98 Å². The van der Waals surface area contributed by atoms with Crippen LogP contribution in [0, 0.1) is 0 Å². The van der Waals surface area contributed by atoms with Crippen LogP contribution >= 0.6 is 0 Å². The van der Waals surface area contributed by atoms with E-state index in [0.29, 0.717) is 5.76 Å². The van der Waals surface area contributed by atoms with Gasteiger partial charge in [0.1, 0.15) is 5.76 Å². The van der Waals surface area contributed by atoms with Crippen LogP contribution in [0.25, 0.3) is 0 Å². The molecular formula is C4H6N2O2. The Morgan fingerprint density at radius 1 is 1.88 bits per heavy atom. The van der Waals surface area contributed by atoms with Gasteiger partial charge in [0.05, 0.1) is 6.54 Å². The molecule has 1 heterocycles. The molecule has 0 bridgehead atoms. The van der Waals surface area contributed by atoms with Gasteiger partial charge < -0.3 is 10.2 Å². The van der Waals surface area contributed by atoms with E-state index in [4.69, 9.17) is 5.73 Å². The maximum Gasteiger partial charge on any atom is 0.416 e. The standard InChI is InChI=1S/C4H6N2O2/c5-1-3-2-6-4(7)8-3/h2H,1,5H2,(H,6,7). The largest absolute Gasteiger partial charge is 0.416 e. The Balaban J connectivity index is 3.01. The summed E-state index contributed by atoms with van der Waals surface area (Å²) in [5, 5.41) is 0. The van der Waals surface area contributed by atoms with E-state index >= 15 is 0 Å². The molecule has 0 atom stereocenters. The lowest BCUT2D eigenvalue weighted by Crippen LogP contribution is -1.95. The smallest absolute Gasteiger partial charge is 0.412 e. The van der Waals surface area contributed by atoms with E-state index in [2.05, 4.69) is 9.40 Å². The number of hydrogen-bond donors (Lipinski definition) is 2. The fraction of sp³-hybridized carbons (Fsp3) is 0.250. The molecule has 1 rings (SSSR count). The van der Waals surface area contributed by atoms with Gasteiger partial charge in [0.25, 0.3) is 0 Å². The van der Waals surface area contributed by atoms with Crippen LogP contribution in [0.2, 0.25) is 0 Å². The molecule has 4 heteroatoms. The molecular weight excluding hydrogens is 108 g/mol. The van der Waals surface area contributed by atoms with Crippen molar-refractivity contribution in [1.82, 2.24) is 4.98 Å². The molecule has 4 nitrogen and oxygen atoms in total. The van der Waals surface area contributed by atoms with E-state index in [-0.39, 0.29) is 6.54 Å². The zero-order chi connectivity index (χ0) is 5.98. The Hall–Kier alpha value is -1.03. The second-order valence-corrected chi connectivity index (χ2v) is 1.35. The zero-order valence-corrected chi connectivity index (χ0v) is 4.18. The summed E-state index contributed by atoms with van der Waals surface area (Å²) >= 11 is 0. The van der Waals surface area contributed by atoms with Crippen molar-refractivity contribution in [2.75, 3.05) is 0 Å². The number of hydrogen-bond acceptors (Lipinski definition) is 3. The lowest BCUT2D eigenvalue weighted by Gasteiger charge is -1.77. The van der Waals surface area contributed by atoms with Gasteiger partial charge in [0, 0.05) is 6.20 Å². The Kier molecular flexibility index (Phi) is 1.17. The van der Waals surface area contributed by atoms with Crippen molar-refractivity contribution in [3.63, 3.8) is 0 Å². The zero-order valence-electron chi connectivity index (χ0n) is 4.18. The van der Waals surface area contributed by atoms with Crippen molar-refractivity contribution in [2.24, 2.45) is 5.73 Å². The van der Waals surface area contributed by atoms with Crippen LogP contribution in [0.15, 0.2) is 15.4 Å². The van der Waals surface area contributed by atoms with Crippen molar-refractivity contribution >= 4 is 0 Å². The van der Waals surface area contributed by atoms with E-state index in [1.54, 1.807) is 0 Å². The quantitative estimate of drug-likeness (QED) is 0.513. The van der Waals surface area contributed by atoms with Gasteiger partial charge in [-0.15, -0.1) is 0 Å². The average Bonchev–Trinajstić information content (AvgIpc) is 2.14. The van der Waals surface area contributed by atoms with Crippen LogP contribution in [0.3, 0.4) is 0 Å². The van der Waals surface area contributed by atoms with Gasteiger partial charge in [-0.3, -0.25) is 4.98 Å². The van der Waals surface area contributed by atoms with Gasteiger partial charge in [-0.2, -0.15) is 0 Å². The minimum absolute atomic E-state index is 0.263. The molecule has 0 saturated carbocycles. The fourth-order valence-electron chi connectivity index (χ4n) is 0.418. The number of aromatic amines is 1. The van der Waals surface area contributed by atoms with Crippen molar-refractivity contribution in [2.45, 2.75) is 6.54 Å². The second kappa shape index (κ2) is 1.83. The first-order chi connectivity index (χ1) is 3.83. The molecule has 1 aromatic rings. The first-order valence-corrected chi connectivity index (χ1v) is 2.20. The highest BCUT2D eigenvalue weighted by Gasteiger charge is 1.91. The number of oxazole rings is 1. The molecule has 8 heavy (non-hydrogen) atoms. The van der Waals surface area contributed by atoms with Crippen molar-refractivity contribution in [3.05, 3.63) is 22.5 Å². The maximum absolute atomic E-state index is 10.2. The van der Waals surface area contributed by atoms with Crippen molar-refractivity contribution in [3.8, 4) is 0 Å². The predicted octanol–water partition coefficient (Wildman–Crippen LogP) is -0.573. The third kappa shape index (κ3) is 0.788. The maximum atomic E-state index is 10.2. The summed E-state index contributed by atoms with van der Waals surface area (Å²) < 4.78 is 4.50. The van der Waals surface area contributed by atoms with Gasteiger partial charge in [0.2, 0.25) is 0 Å². The molecule has 0 unspecified atom stereocenters. The first kappa shape index (κ1) is 5.11. The molecule has 1 aromatic heterocycles. The molecule has 0 aliphatic carbocycles. The fourth-order valence-corrected chi connectivity index (χ4v) is 0.418. The Morgan fingerprint density at radius 3 is 2.88 bits per heavy atom. The van der Waals surface area contributed by atoms with Crippen molar-refractivity contribution < 1.29 is 4.42 Å². The Labute approximate surface area is 45.3 Å². The Morgan fingerprint density at radius 2 is 2.62 bits per heavy atom. The lowest BCUT2D eigenvalue weighted by molar-refractivity contribution is 0.471. The van der Waals surface area contributed by atoms with Gasteiger partial charge in [-0.25, -0.2) is 4.79 Å². The summed E-state index contributed by atoms with van der Waals surface area (Å²) in [6.45, 7) is 0.263. The molecule has 0 radical (unpaired) electrons. The van der Waals surface area contributed by atoms with Gasteiger partial charge in [-0.05, 0) is 0 Å². The molecule has 0 aromatic carbocycles. The van der Waals surface area contributed by atoms with Crippen LogP contribution in [0.4, 0.5) is 0 Å². The molecule has 0 aliphatic heterocycles. The summed E-state index contributed by atoms with van der Waals surface area (Å²) in [6.07, 6.45) is 1.45. The number of aromatic nitrogens is 1. The van der Waals surface area contributed by atoms with Crippen molar-refractivity contribution in [1.29, 1.82) is 0 Å². The molecule has 0 saturated heterocycles. The summed E-state index contributed by atoms with van der Waals surface area (Å²) in [5.74, 6) is 0.0282. The number of H-pyrrole nitrogens is 1. The molecule has 3 N–H and O–H groups in total. The number of rotatable bonds is 1. The third-order valence-electron chi connectivity index (χ3n) is 0.776. The van der Waals surface area contributed by atoms with Crippen LogP contribution in [0.5, 0.6) is 0 Å². The van der Waals surface area contributed by atoms with E-state index in [1.807, 2.05) is 0 Å². The third-order valence-corrected chi connectivity index (χ3v) is 0.776. The average molecular weight is 114 g/mol. The number of nitrogens with one attached hydrogen (secondary N) is 1. The minimum atomic E-state index is -0.453.